The molecule has 0 aliphatic heterocycles. The quantitative estimate of drug-likeness (QED) is 0.293. The minimum atomic E-state index is -4.10. The molecule has 41 heavy (non-hydrogen) atoms. The molecular formula is C33H43N3O4S. The summed E-state index contributed by atoms with van der Waals surface area (Å²) >= 11 is 0. The van der Waals surface area contributed by atoms with Crippen LogP contribution in [-0.2, 0) is 26.2 Å². The van der Waals surface area contributed by atoms with Crippen LogP contribution in [0.1, 0.15) is 61.4 Å². The average molecular weight is 578 g/mol. The van der Waals surface area contributed by atoms with E-state index in [0.29, 0.717) is 12.1 Å². The Morgan fingerprint density at radius 2 is 1.44 bits per heavy atom. The summed E-state index contributed by atoms with van der Waals surface area (Å²) in [5, 5.41) is 3.01. The number of nitrogens with zero attached hydrogens (tertiary/aromatic N) is 2. The van der Waals surface area contributed by atoms with Crippen molar-refractivity contribution >= 4 is 27.5 Å². The molecule has 8 heteroatoms. The maximum Gasteiger partial charge on any atom is 0.264 e. The molecule has 3 rings (SSSR count). The topological polar surface area (TPSA) is 86.8 Å². The molecule has 1 N–H and O–H groups in total. The van der Waals surface area contributed by atoms with Crippen LogP contribution in [0.4, 0.5) is 5.69 Å². The van der Waals surface area contributed by atoms with Crippen molar-refractivity contribution in [3.63, 3.8) is 0 Å². The third-order valence-corrected chi connectivity index (χ3v) is 9.16. The second-order valence-electron chi connectivity index (χ2n) is 10.9. The number of hydrogen-bond donors (Lipinski definition) is 1. The highest BCUT2D eigenvalue weighted by Crippen LogP contribution is 2.27. The highest BCUT2D eigenvalue weighted by molar-refractivity contribution is 7.92. The molecule has 3 aromatic rings. The summed E-state index contributed by atoms with van der Waals surface area (Å²) in [6, 6.07) is 19.0. The fraction of sp³-hybridized carbons (Fsp3) is 0.394. The van der Waals surface area contributed by atoms with Gasteiger partial charge in [0.15, 0.2) is 0 Å². The smallest absolute Gasteiger partial charge is 0.264 e. The molecule has 0 heterocycles. The zero-order chi connectivity index (χ0) is 30.3. The summed E-state index contributed by atoms with van der Waals surface area (Å²) in [5.41, 5.74) is 4.99. The monoisotopic (exact) mass is 577 g/mol. The molecule has 0 radical (unpaired) electrons. The van der Waals surface area contributed by atoms with Gasteiger partial charge in [-0.1, -0.05) is 61.9 Å². The van der Waals surface area contributed by atoms with Crippen LogP contribution in [0.25, 0.3) is 0 Å². The Balaban J connectivity index is 2.10. The Morgan fingerprint density at radius 3 is 2.00 bits per heavy atom. The molecule has 220 valence electrons. The molecule has 0 unspecified atom stereocenters. The van der Waals surface area contributed by atoms with Crippen LogP contribution >= 0.6 is 0 Å². The second-order valence-corrected chi connectivity index (χ2v) is 12.7. The predicted octanol–water partition coefficient (Wildman–Crippen LogP) is 5.84. The van der Waals surface area contributed by atoms with E-state index in [2.05, 4.69) is 5.32 Å². The first-order valence-electron chi connectivity index (χ1n) is 14.2. The SMILES string of the molecule is CC[C@H](C)NC(=O)[C@H](CC)N(Cc1ccccc1C)C(=O)CN(c1cc(C)cc(C)c1)S(=O)(=O)c1ccc(C)cc1. The first-order chi connectivity index (χ1) is 19.4. The number of benzene rings is 3. The normalized spacial score (nSPS) is 12.9. The van der Waals surface area contributed by atoms with E-state index in [1.807, 2.05) is 78.8 Å². The Hall–Kier alpha value is -3.65. The van der Waals surface area contributed by atoms with Gasteiger partial charge in [0.25, 0.3) is 10.0 Å². The van der Waals surface area contributed by atoms with Crippen molar-refractivity contribution in [2.45, 2.75) is 84.8 Å². The molecule has 0 aromatic heterocycles. The number of amides is 2. The fourth-order valence-corrected chi connectivity index (χ4v) is 6.19. The van der Waals surface area contributed by atoms with E-state index in [4.69, 9.17) is 0 Å². The van der Waals surface area contributed by atoms with Gasteiger partial charge in [-0.05, 0) is 94.0 Å². The predicted molar refractivity (Wildman–Crippen MR) is 165 cm³/mol. The third-order valence-electron chi connectivity index (χ3n) is 7.37. The first-order valence-corrected chi connectivity index (χ1v) is 15.6. The lowest BCUT2D eigenvalue weighted by molar-refractivity contribution is -0.140. The lowest BCUT2D eigenvalue weighted by Crippen LogP contribution is -2.53. The third kappa shape index (κ3) is 7.97. The molecule has 0 bridgehead atoms. The van der Waals surface area contributed by atoms with E-state index in [1.54, 1.807) is 36.4 Å². The highest BCUT2D eigenvalue weighted by Gasteiger charge is 2.34. The van der Waals surface area contributed by atoms with E-state index in [1.165, 1.54) is 9.21 Å². The summed E-state index contributed by atoms with van der Waals surface area (Å²) in [4.78, 5) is 29.3. The summed E-state index contributed by atoms with van der Waals surface area (Å²) in [5.74, 6) is -0.697. The summed E-state index contributed by atoms with van der Waals surface area (Å²) < 4.78 is 29.3. The van der Waals surface area contributed by atoms with Crippen molar-refractivity contribution in [3.05, 3.63) is 94.5 Å². The van der Waals surface area contributed by atoms with Crippen LogP contribution in [-0.4, -0.2) is 43.8 Å². The lowest BCUT2D eigenvalue weighted by atomic mass is 10.1. The highest BCUT2D eigenvalue weighted by atomic mass is 32.2. The summed E-state index contributed by atoms with van der Waals surface area (Å²) in [6.07, 6.45) is 1.14. The number of hydrogen-bond acceptors (Lipinski definition) is 4. The maximum absolute atomic E-state index is 14.2. The molecule has 0 fully saturated rings. The van der Waals surface area contributed by atoms with Crippen LogP contribution in [0.15, 0.2) is 71.6 Å². The zero-order valence-corrected chi connectivity index (χ0v) is 26.1. The molecule has 0 saturated heterocycles. The first kappa shape index (κ1) is 31.9. The van der Waals surface area contributed by atoms with Crippen molar-refractivity contribution < 1.29 is 18.0 Å². The van der Waals surface area contributed by atoms with Gasteiger partial charge in [0, 0.05) is 12.6 Å². The molecular weight excluding hydrogens is 534 g/mol. The number of carbonyl (C=O) groups is 2. The van der Waals surface area contributed by atoms with Gasteiger partial charge in [0.1, 0.15) is 12.6 Å². The van der Waals surface area contributed by atoms with E-state index in [0.717, 1.165) is 34.2 Å². The molecule has 3 aromatic carbocycles. The number of anilines is 1. The molecule has 7 nitrogen and oxygen atoms in total. The molecule has 0 aliphatic carbocycles. The number of sulfonamides is 1. The number of rotatable bonds is 12. The average Bonchev–Trinajstić information content (AvgIpc) is 2.92. The second kappa shape index (κ2) is 13.8. The molecule has 0 aliphatic rings. The van der Waals surface area contributed by atoms with Gasteiger partial charge >= 0.3 is 0 Å². The minimum Gasteiger partial charge on any atom is -0.352 e. The lowest BCUT2D eigenvalue weighted by Gasteiger charge is -2.34. The Morgan fingerprint density at radius 1 is 0.829 bits per heavy atom. The Labute approximate surface area is 245 Å². The van der Waals surface area contributed by atoms with E-state index in [-0.39, 0.29) is 23.4 Å². The Kier molecular flexibility index (Phi) is 10.7. The summed E-state index contributed by atoms with van der Waals surface area (Å²) in [7, 11) is -4.10. The van der Waals surface area contributed by atoms with Crippen molar-refractivity contribution in [2.24, 2.45) is 0 Å². The zero-order valence-electron chi connectivity index (χ0n) is 25.3. The van der Waals surface area contributed by atoms with Gasteiger partial charge in [0.05, 0.1) is 10.6 Å². The van der Waals surface area contributed by atoms with Crippen LogP contribution in [0, 0.1) is 27.7 Å². The van der Waals surface area contributed by atoms with Crippen LogP contribution in [0.2, 0.25) is 0 Å². The molecule has 2 amide bonds. The number of nitrogens with one attached hydrogen (secondary N) is 1. The van der Waals surface area contributed by atoms with Crippen molar-refractivity contribution in [1.29, 1.82) is 0 Å². The van der Waals surface area contributed by atoms with Gasteiger partial charge in [-0.3, -0.25) is 13.9 Å². The summed E-state index contributed by atoms with van der Waals surface area (Å²) in [6.45, 7) is 13.2. The largest absolute Gasteiger partial charge is 0.352 e. The molecule has 0 saturated carbocycles. The standard InChI is InChI=1S/C33H43N3O4S/c1-8-27(7)34-33(38)31(9-2)35(21-28-13-11-10-12-26(28)6)32(37)22-36(29-19-24(4)18-25(5)20-29)41(39,40)30-16-14-23(3)15-17-30/h10-20,27,31H,8-9,21-22H2,1-7H3,(H,34,38)/t27-,31-/m0/s1. The maximum atomic E-state index is 14.2. The fourth-order valence-electron chi connectivity index (χ4n) is 4.79. The van der Waals surface area contributed by atoms with Gasteiger partial charge < -0.3 is 10.2 Å². The minimum absolute atomic E-state index is 0.0550. The van der Waals surface area contributed by atoms with Crippen molar-refractivity contribution in [1.82, 2.24) is 10.2 Å². The van der Waals surface area contributed by atoms with Crippen LogP contribution in [0.5, 0.6) is 0 Å². The van der Waals surface area contributed by atoms with E-state index in [9.17, 15) is 18.0 Å². The number of aryl methyl sites for hydroxylation is 4. The van der Waals surface area contributed by atoms with Crippen LogP contribution < -0.4 is 9.62 Å². The van der Waals surface area contributed by atoms with E-state index < -0.39 is 28.5 Å². The van der Waals surface area contributed by atoms with Crippen molar-refractivity contribution in [3.8, 4) is 0 Å². The van der Waals surface area contributed by atoms with E-state index >= 15 is 0 Å². The number of carbonyl (C=O) groups excluding carboxylic acids is 2. The Bertz CT molecular complexity index is 1450. The van der Waals surface area contributed by atoms with Gasteiger partial charge in [-0.2, -0.15) is 0 Å². The van der Waals surface area contributed by atoms with Gasteiger partial charge in [0.2, 0.25) is 11.8 Å². The van der Waals surface area contributed by atoms with Gasteiger partial charge in [-0.25, -0.2) is 8.42 Å². The molecule has 2 atom stereocenters. The van der Waals surface area contributed by atoms with Crippen molar-refractivity contribution in [2.75, 3.05) is 10.8 Å². The van der Waals surface area contributed by atoms with Crippen LogP contribution in [0.3, 0.4) is 0 Å². The molecule has 0 spiro atoms. The van der Waals surface area contributed by atoms with Gasteiger partial charge in [-0.15, -0.1) is 0 Å².